The molecule has 2 fully saturated rings. The van der Waals surface area contributed by atoms with E-state index in [1.54, 1.807) is 0 Å². The number of rotatable bonds is 5. The highest BCUT2D eigenvalue weighted by molar-refractivity contribution is 4.82. The largest absolute Gasteiger partial charge is 0.379 e. The Morgan fingerprint density at radius 1 is 1.27 bits per heavy atom. The second kappa shape index (κ2) is 5.80. The standard InChI is InChI=1S/C11H21NO3/c1-2-4-12-10-3-5-13-8-11(10)15-9-6-14-7-9/h9-12H,2-8H2,1H3. The Balaban J connectivity index is 1.76. The molecular formula is C11H21NO3. The van der Waals surface area contributed by atoms with Crippen molar-refractivity contribution in [2.45, 2.75) is 38.0 Å². The Morgan fingerprint density at radius 3 is 2.80 bits per heavy atom. The van der Waals surface area contributed by atoms with Crippen LogP contribution in [0.1, 0.15) is 19.8 Å². The zero-order chi connectivity index (χ0) is 10.5. The third kappa shape index (κ3) is 3.14. The molecule has 2 rings (SSSR count). The van der Waals surface area contributed by atoms with Crippen molar-refractivity contribution in [2.24, 2.45) is 0 Å². The van der Waals surface area contributed by atoms with Crippen molar-refractivity contribution in [3.63, 3.8) is 0 Å². The second-order valence-electron chi connectivity index (χ2n) is 4.26. The van der Waals surface area contributed by atoms with Crippen molar-refractivity contribution in [1.29, 1.82) is 0 Å². The van der Waals surface area contributed by atoms with E-state index in [9.17, 15) is 0 Å². The minimum Gasteiger partial charge on any atom is -0.379 e. The van der Waals surface area contributed by atoms with E-state index in [1.807, 2.05) is 0 Å². The lowest BCUT2D eigenvalue weighted by Crippen LogP contribution is -2.52. The van der Waals surface area contributed by atoms with Gasteiger partial charge in [-0.25, -0.2) is 0 Å². The Labute approximate surface area is 91.3 Å². The third-order valence-electron chi connectivity index (χ3n) is 2.94. The highest BCUT2D eigenvalue weighted by Gasteiger charge is 2.31. The molecule has 0 saturated carbocycles. The highest BCUT2D eigenvalue weighted by Crippen LogP contribution is 2.16. The number of hydrogen-bond acceptors (Lipinski definition) is 4. The van der Waals surface area contributed by atoms with Crippen molar-refractivity contribution < 1.29 is 14.2 Å². The van der Waals surface area contributed by atoms with E-state index in [0.717, 1.165) is 45.8 Å². The molecule has 2 atom stereocenters. The van der Waals surface area contributed by atoms with E-state index in [0.29, 0.717) is 12.1 Å². The lowest BCUT2D eigenvalue weighted by molar-refractivity contribution is -0.182. The molecular weight excluding hydrogens is 194 g/mol. The molecule has 0 aromatic heterocycles. The van der Waals surface area contributed by atoms with Crippen molar-refractivity contribution in [3.05, 3.63) is 0 Å². The molecule has 4 heteroatoms. The molecule has 88 valence electrons. The smallest absolute Gasteiger partial charge is 0.105 e. The molecule has 2 aliphatic rings. The van der Waals surface area contributed by atoms with Crippen LogP contribution in [0, 0.1) is 0 Å². The molecule has 15 heavy (non-hydrogen) atoms. The van der Waals surface area contributed by atoms with E-state index >= 15 is 0 Å². The zero-order valence-electron chi connectivity index (χ0n) is 9.41. The molecule has 0 radical (unpaired) electrons. The van der Waals surface area contributed by atoms with E-state index < -0.39 is 0 Å². The summed E-state index contributed by atoms with van der Waals surface area (Å²) in [7, 11) is 0. The fourth-order valence-electron chi connectivity index (χ4n) is 1.95. The van der Waals surface area contributed by atoms with Gasteiger partial charge in [0.25, 0.3) is 0 Å². The highest BCUT2D eigenvalue weighted by atomic mass is 16.6. The predicted molar refractivity (Wildman–Crippen MR) is 57.0 cm³/mol. The molecule has 2 aliphatic heterocycles. The zero-order valence-corrected chi connectivity index (χ0v) is 9.41. The number of hydrogen-bond donors (Lipinski definition) is 1. The summed E-state index contributed by atoms with van der Waals surface area (Å²) in [5.41, 5.74) is 0. The maximum atomic E-state index is 5.92. The average Bonchev–Trinajstić information content (AvgIpc) is 2.22. The van der Waals surface area contributed by atoms with Crippen LogP contribution in [0.15, 0.2) is 0 Å². The van der Waals surface area contributed by atoms with Gasteiger partial charge in [0.1, 0.15) is 6.10 Å². The van der Waals surface area contributed by atoms with Gasteiger partial charge in [0.2, 0.25) is 0 Å². The Morgan fingerprint density at radius 2 is 2.13 bits per heavy atom. The summed E-state index contributed by atoms with van der Waals surface area (Å²) in [5.74, 6) is 0. The monoisotopic (exact) mass is 215 g/mol. The van der Waals surface area contributed by atoms with E-state index in [4.69, 9.17) is 14.2 Å². The predicted octanol–water partition coefficient (Wildman–Crippen LogP) is 0.559. The topological polar surface area (TPSA) is 39.7 Å². The summed E-state index contributed by atoms with van der Waals surface area (Å²) in [6.45, 7) is 6.31. The summed E-state index contributed by atoms with van der Waals surface area (Å²) in [6, 6.07) is 0.458. The SMILES string of the molecule is CCCNC1CCOCC1OC1COC1. The van der Waals surface area contributed by atoms with Crippen LogP contribution >= 0.6 is 0 Å². The molecule has 0 bridgehead atoms. The van der Waals surface area contributed by atoms with Gasteiger partial charge in [0.05, 0.1) is 25.9 Å². The molecule has 1 N–H and O–H groups in total. The first-order valence-electron chi connectivity index (χ1n) is 5.94. The van der Waals surface area contributed by atoms with Gasteiger partial charge in [-0.05, 0) is 19.4 Å². The van der Waals surface area contributed by atoms with Gasteiger partial charge in [-0.15, -0.1) is 0 Å². The van der Waals surface area contributed by atoms with Crippen LogP contribution in [0.4, 0.5) is 0 Å². The molecule has 0 amide bonds. The van der Waals surface area contributed by atoms with Crippen LogP contribution in [-0.4, -0.2) is 51.2 Å². The second-order valence-corrected chi connectivity index (χ2v) is 4.26. The van der Waals surface area contributed by atoms with Crippen LogP contribution in [0.25, 0.3) is 0 Å². The molecule has 0 spiro atoms. The van der Waals surface area contributed by atoms with Gasteiger partial charge < -0.3 is 19.5 Å². The lowest BCUT2D eigenvalue weighted by Gasteiger charge is -2.37. The maximum absolute atomic E-state index is 5.92. The maximum Gasteiger partial charge on any atom is 0.105 e. The van der Waals surface area contributed by atoms with Crippen molar-refractivity contribution in [1.82, 2.24) is 5.32 Å². The summed E-state index contributed by atoms with van der Waals surface area (Å²) in [5, 5.41) is 3.53. The fourth-order valence-corrected chi connectivity index (χ4v) is 1.95. The lowest BCUT2D eigenvalue weighted by atomic mass is 10.1. The van der Waals surface area contributed by atoms with Crippen LogP contribution in [0.5, 0.6) is 0 Å². The van der Waals surface area contributed by atoms with Crippen molar-refractivity contribution >= 4 is 0 Å². The quantitative estimate of drug-likeness (QED) is 0.727. The molecule has 0 aromatic rings. The Hall–Kier alpha value is -0.160. The van der Waals surface area contributed by atoms with Crippen LogP contribution in [0.2, 0.25) is 0 Å². The summed E-state index contributed by atoms with van der Waals surface area (Å²) in [6.07, 6.45) is 2.72. The van der Waals surface area contributed by atoms with E-state index in [1.165, 1.54) is 0 Å². The minimum atomic E-state index is 0.208. The Bertz CT molecular complexity index is 185. The van der Waals surface area contributed by atoms with Gasteiger partial charge in [-0.1, -0.05) is 6.92 Å². The van der Waals surface area contributed by atoms with Crippen LogP contribution < -0.4 is 5.32 Å². The van der Waals surface area contributed by atoms with Crippen LogP contribution in [0.3, 0.4) is 0 Å². The van der Waals surface area contributed by atoms with Gasteiger partial charge in [0, 0.05) is 12.6 Å². The summed E-state index contributed by atoms with van der Waals surface area (Å²) < 4.78 is 16.5. The van der Waals surface area contributed by atoms with Gasteiger partial charge in [-0.2, -0.15) is 0 Å². The molecule has 2 unspecified atom stereocenters. The molecule has 0 aliphatic carbocycles. The van der Waals surface area contributed by atoms with Gasteiger partial charge >= 0.3 is 0 Å². The first-order valence-corrected chi connectivity index (χ1v) is 5.94. The van der Waals surface area contributed by atoms with Gasteiger partial charge in [0.15, 0.2) is 0 Å². The Kier molecular flexibility index (Phi) is 4.38. The van der Waals surface area contributed by atoms with E-state index in [2.05, 4.69) is 12.2 Å². The summed E-state index contributed by atoms with van der Waals surface area (Å²) in [4.78, 5) is 0. The van der Waals surface area contributed by atoms with Crippen molar-refractivity contribution in [2.75, 3.05) is 33.0 Å². The van der Waals surface area contributed by atoms with Crippen molar-refractivity contribution in [3.8, 4) is 0 Å². The minimum absolute atomic E-state index is 0.208. The fraction of sp³-hybridized carbons (Fsp3) is 1.00. The molecule has 2 saturated heterocycles. The molecule has 0 aromatic carbocycles. The normalized spacial score (nSPS) is 32.6. The van der Waals surface area contributed by atoms with E-state index in [-0.39, 0.29) is 6.10 Å². The third-order valence-corrected chi connectivity index (χ3v) is 2.94. The average molecular weight is 215 g/mol. The van der Waals surface area contributed by atoms with Gasteiger partial charge in [-0.3, -0.25) is 0 Å². The first kappa shape index (κ1) is 11.3. The summed E-state index contributed by atoms with van der Waals surface area (Å²) >= 11 is 0. The number of nitrogens with one attached hydrogen (secondary N) is 1. The molecule has 4 nitrogen and oxygen atoms in total. The molecule has 2 heterocycles. The van der Waals surface area contributed by atoms with Crippen LogP contribution in [-0.2, 0) is 14.2 Å². The first-order chi connectivity index (χ1) is 7.40. The number of ether oxygens (including phenoxy) is 3.